The molecule has 0 saturated carbocycles. The number of carboxylic acids is 1. The van der Waals surface area contributed by atoms with Gasteiger partial charge in [-0.1, -0.05) is 0 Å². The molecule has 0 fully saturated rings. The molecule has 0 radical (unpaired) electrons. The number of nitrogens with one attached hydrogen (secondary N) is 1. The fraction of sp³-hybridized carbons (Fsp3) is 0.920. The molecule has 0 rings (SSSR count). The number of amides is 1. The number of carboxylic acid groups (broad SMARTS) is 1. The third-order valence-corrected chi connectivity index (χ3v) is 4.31. The predicted molar refractivity (Wildman–Crippen MR) is 136 cm³/mol. The topological polar surface area (TPSA) is 140 Å². The van der Waals surface area contributed by atoms with Crippen molar-refractivity contribution in [2.24, 2.45) is 0 Å². The molecule has 12 nitrogen and oxygen atoms in total. The second-order valence-corrected chi connectivity index (χ2v) is 8.92. The van der Waals surface area contributed by atoms with Gasteiger partial charge >= 0.3 is 12.1 Å². The number of ether oxygens (including phenoxy) is 8. The van der Waals surface area contributed by atoms with Gasteiger partial charge in [0.15, 0.2) is 0 Å². The Balaban J connectivity index is 3.11. The van der Waals surface area contributed by atoms with Crippen LogP contribution in [0.3, 0.4) is 0 Å². The molecule has 0 heterocycles. The highest BCUT2D eigenvalue weighted by atomic mass is 16.6. The third kappa shape index (κ3) is 32.4. The predicted octanol–water partition coefficient (Wildman–Crippen LogP) is 2.27. The molecule has 0 aromatic carbocycles. The van der Waals surface area contributed by atoms with Gasteiger partial charge in [0.1, 0.15) is 5.60 Å². The van der Waals surface area contributed by atoms with Crippen LogP contribution >= 0.6 is 0 Å². The van der Waals surface area contributed by atoms with Crippen molar-refractivity contribution in [3.63, 3.8) is 0 Å². The second kappa shape index (κ2) is 26.1. The maximum atomic E-state index is 11.4. The Morgan fingerprint density at radius 2 is 0.946 bits per heavy atom. The first-order valence-corrected chi connectivity index (χ1v) is 13.0. The quantitative estimate of drug-likeness (QED) is 0.149. The fourth-order valence-corrected chi connectivity index (χ4v) is 2.59. The van der Waals surface area contributed by atoms with Crippen LogP contribution in [0.25, 0.3) is 0 Å². The summed E-state index contributed by atoms with van der Waals surface area (Å²) < 4.78 is 42.9. The zero-order valence-corrected chi connectivity index (χ0v) is 23.0. The summed E-state index contributed by atoms with van der Waals surface area (Å²) in [6.07, 6.45) is 2.54. The molecule has 1 amide bonds. The van der Waals surface area contributed by atoms with Crippen molar-refractivity contribution < 1.29 is 52.6 Å². The maximum Gasteiger partial charge on any atom is 0.407 e. The smallest absolute Gasteiger partial charge is 0.407 e. The lowest BCUT2D eigenvalue weighted by atomic mass is 10.2. The molecule has 37 heavy (non-hydrogen) atoms. The van der Waals surface area contributed by atoms with E-state index in [1.807, 2.05) is 20.8 Å². The van der Waals surface area contributed by atoms with E-state index in [1.165, 1.54) is 0 Å². The van der Waals surface area contributed by atoms with Crippen LogP contribution in [0.4, 0.5) is 4.79 Å². The number of hydrogen-bond acceptors (Lipinski definition) is 10. The van der Waals surface area contributed by atoms with Crippen LogP contribution in [-0.4, -0.2) is 122 Å². The van der Waals surface area contributed by atoms with Crippen LogP contribution in [0.15, 0.2) is 0 Å². The lowest BCUT2D eigenvalue weighted by Crippen LogP contribution is -2.34. The Kier molecular flexibility index (Phi) is 25.0. The molecule has 0 atom stereocenters. The van der Waals surface area contributed by atoms with Gasteiger partial charge in [0.2, 0.25) is 0 Å². The molecule has 0 saturated heterocycles. The molecule has 0 aliphatic heterocycles. The highest BCUT2D eigenvalue weighted by Crippen LogP contribution is 2.06. The molecular formula is C25H49NO11. The van der Waals surface area contributed by atoms with E-state index in [-0.39, 0.29) is 13.0 Å². The Morgan fingerprint density at radius 3 is 1.35 bits per heavy atom. The molecule has 0 aliphatic carbocycles. The monoisotopic (exact) mass is 539 g/mol. The number of rotatable bonds is 27. The van der Waals surface area contributed by atoms with Crippen molar-refractivity contribution in [3.05, 3.63) is 0 Å². The van der Waals surface area contributed by atoms with Gasteiger partial charge in [-0.05, 0) is 40.0 Å². The second-order valence-electron chi connectivity index (χ2n) is 8.92. The summed E-state index contributed by atoms with van der Waals surface area (Å²) in [5, 5.41) is 11.1. The van der Waals surface area contributed by atoms with Gasteiger partial charge in [-0.25, -0.2) is 4.79 Å². The molecule has 0 aromatic rings. The number of alkyl carbamates (subject to hydrolysis) is 1. The number of aliphatic carboxylic acids is 1. The Hall–Kier alpha value is -1.54. The summed E-state index contributed by atoms with van der Waals surface area (Å²) in [4.78, 5) is 21.8. The lowest BCUT2D eigenvalue weighted by Gasteiger charge is -2.19. The third-order valence-electron chi connectivity index (χ3n) is 4.31. The lowest BCUT2D eigenvalue weighted by molar-refractivity contribution is -0.138. The van der Waals surface area contributed by atoms with Crippen LogP contribution in [-0.2, 0) is 42.7 Å². The molecule has 0 bridgehead atoms. The molecule has 0 unspecified atom stereocenters. The minimum absolute atomic E-state index is 0.00990. The maximum absolute atomic E-state index is 11.4. The van der Waals surface area contributed by atoms with Crippen molar-refractivity contribution in [1.29, 1.82) is 0 Å². The molecular weight excluding hydrogens is 490 g/mol. The summed E-state index contributed by atoms with van der Waals surface area (Å²) in [5.41, 5.74) is -0.507. The van der Waals surface area contributed by atoms with Crippen LogP contribution in [0.1, 0.15) is 46.5 Å². The molecule has 2 N–H and O–H groups in total. The summed E-state index contributed by atoms with van der Waals surface area (Å²) >= 11 is 0. The highest BCUT2D eigenvalue weighted by molar-refractivity contribution is 5.67. The number of hydrogen-bond donors (Lipinski definition) is 2. The fourth-order valence-electron chi connectivity index (χ4n) is 2.59. The van der Waals surface area contributed by atoms with E-state index in [2.05, 4.69) is 5.32 Å². The van der Waals surface area contributed by atoms with Crippen molar-refractivity contribution in [2.75, 3.05) is 99.0 Å². The zero-order chi connectivity index (χ0) is 27.5. The van der Waals surface area contributed by atoms with E-state index in [9.17, 15) is 9.59 Å². The van der Waals surface area contributed by atoms with E-state index in [1.54, 1.807) is 0 Å². The SMILES string of the molecule is CC(C)(C)OC(=O)NCCOCCOCCOCCOCCCCCOCCOCCOCCC(=O)O. The van der Waals surface area contributed by atoms with Gasteiger partial charge in [-0.15, -0.1) is 0 Å². The number of carbonyl (C=O) groups excluding carboxylic acids is 1. The van der Waals surface area contributed by atoms with E-state index < -0.39 is 17.7 Å². The average molecular weight is 540 g/mol. The minimum atomic E-state index is -0.865. The average Bonchev–Trinajstić information content (AvgIpc) is 2.82. The van der Waals surface area contributed by atoms with Crippen molar-refractivity contribution in [1.82, 2.24) is 5.32 Å². The standard InChI is InChI=1S/C25H49NO11/c1-25(2,3)37-24(29)26-8-12-33-16-20-36-22-21-35-18-14-31-10-6-4-5-9-30-13-17-34-19-15-32-11-7-23(27)28/h4-22H2,1-3H3,(H,26,29)(H,27,28). The Morgan fingerprint density at radius 1 is 0.568 bits per heavy atom. The largest absolute Gasteiger partial charge is 0.481 e. The van der Waals surface area contributed by atoms with Gasteiger partial charge in [0, 0.05) is 19.8 Å². The Labute approximate surface area is 221 Å². The first-order valence-electron chi connectivity index (χ1n) is 13.0. The van der Waals surface area contributed by atoms with E-state index >= 15 is 0 Å². The molecule has 0 aliphatic rings. The first-order chi connectivity index (χ1) is 17.8. The highest BCUT2D eigenvalue weighted by Gasteiger charge is 2.15. The van der Waals surface area contributed by atoms with Crippen molar-refractivity contribution in [3.8, 4) is 0 Å². The van der Waals surface area contributed by atoms with Gasteiger partial charge < -0.3 is 48.3 Å². The van der Waals surface area contributed by atoms with Crippen LogP contribution in [0, 0.1) is 0 Å². The van der Waals surface area contributed by atoms with Gasteiger partial charge in [0.05, 0.1) is 85.7 Å². The van der Waals surface area contributed by atoms with E-state index in [4.69, 9.17) is 43.0 Å². The normalized spacial score (nSPS) is 11.5. The summed E-state index contributed by atoms with van der Waals surface area (Å²) in [5.74, 6) is -0.865. The van der Waals surface area contributed by atoms with Gasteiger partial charge in [0.25, 0.3) is 0 Å². The first kappa shape index (κ1) is 35.5. The van der Waals surface area contributed by atoms with Crippen LogP contribution in [0.5, 0.6) is 0 Å². The van der Waals surface area contributed by atoms with Crippen molar-refractivity contribution in [2.45, 2.75) is 52.1 Å². The van der Waals surface area contributed by atoms with Crippen molar-refractivity contribution >= 4 is 12.1 Å². The van der Waals surface area contributed by atoms with E-state index in [0.29, 0.717) is 92.4 Å². The summed E-state index contributed by atoms with van der Waals surface area (Å²) in [7, 11) is 0. The molecule has 12 heteroatoms. The molecule has 0 spiro atoms. The molecule has 0 aromatic heterocycles. The summed E-state index contributed by atoms with van der Waals surface area (Å²) in [6.45, 7) is 12.7. The number of carbonyl (C=O) groups is 2. The summed E-state index contributed by atoms with van der Waals surface area (Å²) in [6, 6.07) is 0. The van der Waals surface area contributed by atoms with E-state index in [0.717, 1.165) is 19.3 Å². The van der Waals surface area contributed by atoms with Crippen LogP contribution < -0.4 is 5.32 Å². The van der Waals surface area contributed by atoms with Crippen LogP contribution in [0.2, 0.25) is 0 Å². The Bertz CT molecular complexity index is 529. The van der Waals surface area contributed by atoms with Gasteiger partial charge in [-0.3, -0.25) is 4.79 Å². The van der Waals surface area contributed by atoms with Gasteiger partial charge in [-0.2, -0.15) is 0 Å². The zero-order valence-electron chi connectivity index (χ0n) is 23.0. The minimum Gasteiger partial charge on any atom is -0.481 e. The number of unbranched alkanes of at least 4 members (excludes halogenated alkanes) is 2. The molecule has 220 valence electrons.